The van der Waals surface area contributed by atoms with Crippen LogP contribution in [0, 0.1) is 0 Å². The summed E-state index contributed by atoms with van der Waals surface area (Å²) in [7, 11) is 4.00. The maximum atomic E-state index is 12.1. The van der Waals surface area contributed by atoms with E-state index in [0.29, 0.717) is 18.5 Å². The first-order chi connectivity index (χ1) is 12.5. The van der Waals surface area contributed by atoms with Crippen LogP contribution in [0.1, 0.15) is 27.9 Å². The Bertz CT molecular complexity index is 712. The average Bonchev–Trinajstić information content (AvgIpc) is 2.64. The molecule has 0 aromatic heterocycles. The summed E-state index contributed by atoms with van der Waals surface area (Å²) in [6, 6.07) is 17.5. The Morgan fingerprint density at radius 1 is 1.00 bits per heavy atom. The molecule has 26 heavy (non-hydrogen) atoms. The molecule has 2 aromatic carbocycles. The van der Waals surface area contributed by atoms with Crippen molar-refractivity contribution in [1.29, 1.82) is 0 Å². The monoisotopic (exact) mass is 353 g/mol. The molecule has 1 unspecified atom stereocenters. The van der Waals surface area contributed by atoms with Crippen molar-refractivity contribution in [2.24, 2.45) is 5.73 Å². The van der Waals surface area contributed by atoms with E-state index in [4.69, 9.17) is 5.73 Å². The van der Waals surface area contributed by atoms with E-state index >= 15 is 0 Å². The summed E-state index contributed by atoms with van der Waals surface area (Å²) >= 11 is 0. The topological polar surface area (TPSA) is 75.4 Å². The van der Waals surface area contributed by atoms with Crippen molar-refractivity contribution in [2.45, 2.75) is 25.3 Å². The fourth-order valence-electron chi connectivity index (χ4n) is 2.74. The lowest BCUT2D eigenvalue weighted by Crippen LogP contribution is -2.41. The zero-order chi connectivity index (χ0) is 18.9. The lowest BCUT2D eigenvalue weighted by atomic mass is 10.0. The zero-order valence-corrected chi connectivity index (χ0v) is 15.4. The van der Waals surface area contributed by atoms with Crippen LogP contribution in [0.15, 0.2) is 54.6 Å². The number of rotatable bonds is 9. The minimum absolute atomic E-state index is 0.0600. The van der Waals surface area contributed by atoms with Crippen LogP contribution in [-0.2, 0) is 17.6 Å². The second-order valence-electron chi connectivity index (χ2n) is 6.67. The summed E-state index contributed by atoms with van der Waals surface area (Å²) in [5, 5.41) is 3.03. The van der Waals surface area contributed by atoms with Crippen molar-refractivity contribution in [3.05, 3.63) is 71.3 Å². The lowest BCUT2D eigenvalue weighted by molar-refractivity contribution is -0.121. The Labute approximate surface area is 155 Å². The smallest absolute Gasteiger partial charge is 0.248 e. The first-order valence-corrected chi connectivity index (χ1v) is 8.81. The Kier molecular flexibility index (Phi) is 7.36. The third-order valence-electron chi connectivity index (χ3n) is 4.46. The predicted molar refractivity (Wildman–Crippen MR) is 104 cm³/mol. The molecule has 0 saturated heterocycles. The maximum Gasteiger partial charge on any atom is 0.248 e. The molecule has 5 nitrogen and oxygen atoms in total. The van der Waals surface area contributed by atoms with Gasteiger partial charge in [0.1, 0.15) is 0 Å². The minimum atomic E-state index is -0.425. The molecule has 5 heteroatoms. The molecule has 2 aromatic rings. The minimum Gasteiger partial charge on any atom is -0.366 e. The number of amides is 2. The van der Waals surface area contributed by atoms with Crippen molar-refractivity contribution in [3.63, 3.8) is 0 Å². The third-order valence-corrected chi connectivity index (χ3v) is 4.46. The summed E-state index contributed by atoms with van der Waals surface area (Å²) < 4.78 is 0. The van der Waals surface area contributed by atoms with Gasteiger partial charge >= 0.3 is 0 Å². The van der Waals surface area contributed by atoms with E-state index in [1.165, 1.54) is 5.56 Å². The van der Waals surface area contributed by atoms with Gasteiger partial charge in [-0.1, -0.05) is 42.5 Å². The normalized spacial score (nSPS) is 12.0. The number of nitrogens with two attached hydrogens (primary N) is 1. The van der Waals surface area contributed by atoms with Gasteiger partial charge in [-0.25, -0.2) is 0 Å². The number of carbonyl (C=O) groups is 2. The molecular formula is C21H27N3O2. The second-order valence-corrected chi connectivity index (χ2v) is 6.67. The molecule has 0 aliphatic rings. The van der Waals surface area contributed by atoms with Gasteiger partial charge in [0, 0.05) is 24.6 Å². The van der Waals surface area contributed by atoms with Gasteiger partial charge in [0.15, 0.2) is 0 Å². The molecule has 3 N–H and O–H groups in total. The SMILES string of the molecule is CN(C)C(CNC(=O)CCc1ccccc1)Cc1ccc(C(N)=O)cc1. The zero-order valence-electron chi connectivity index (χ0n) is 15.4. The highest BCUT2D eigenvalue weighted by molar-refractivity contribution is 5.92. The molecule has 138 valence electrons. The van der Waals surface area contributed by atoms with E-state index in [1.54, 1.807) is 12.1 Å². The summed E-state index contributed by atoms with van der Waals surface area (Å²) in [6.07, 6.45) is 2.01. The highest BCUT2D eigenvalue weighted by Crippen LogP contribution is 2.09. The van der Waals surface area contributed by atoms with Crippen LogP contribution in [0.3, 0.4) is 0 Å². The van der Waals surface area contributed by atoms with E-state index < -0.39 is 5.91 Å². The van der Waals surface area contributed by atoms with Gasteiger partial charge in [0.25, 0.3) is 0 Å². The van der Waals surface area contributed by atoms with Crippen molar-refractivity contribution < 1.29 is 9.59 Å². The molecule has 0 aliphatic carbocycles. The number of benzene rings is 2. The van der Waals surface area contributed by atoms with Crippen LogP contribution >= 0.6 is 0 Å². The molecule has 2 rings (SSSR count). The van der Waals surface area contributed by atoms with Crippen LogP contribution in [-0.4, -0.2) is 43.4 Å². The summed E-state index contributed by atoms with van der Waals surface area (Å²) in [5.41, 5.74) is 8.05. The van der Waals surface area contributed by atoms with Crippen LogP contribution < -0.4 is 11.1 Å². The second kappa shape index (κ2) is 9.73. The van der Waals surface area contributed by atoms with Crippen LogP contribution in [0.2, 0.25) is 0 Å². The van der Waals surface area contributed by atoms with Gasteiger partial charge < -0.3 is 16.0 Å². The Hall–Kier alpha value is -2.66. The van der Waals surface area contributed by atoms with Gasteiger partial charge in [-0.3, -0.25) is 9.59 Å². The highest BCUT2D eigenvalue weighted by Gasteiger charge is 2.14. The first-order valence-electron chi connectivity index (χ1n) is 8.81. The Morgan fingerprint density at radius 2 is 1.65 bits per heavy atom. The number of primary amides is 1. The highest BCUT2D eigenvalue weighted by atomic mass is 16.1. The first kappa shape index (κ1) is 19.7. The standard InChI is InChI=1S/C21H27N3O2/c1-24(2)19(14-17-8-11-18(12-9-17)21(22)26)15-23-20(25)13-10-16-6-4-3-5-7-16/h3-9,11-12,19H,10,13-15H2,1-2H3,(H2,22,26)(H,23,25). The van der Waals surface area contributed by atoms with E-state index in [-0.39, 0.29) is 11.9 Å². The summed E-state index contributed by atoms with van der Waals surface area (Å²) in [5.74, 6) is -0.365. The van der Waals surface area contributed by atoms with E-state index in [2.05, 4.69) is 10.2 Å². The van der Waals surface area contributed by atoms with E-state index in [0.717, 1.165) is 18.4 Å². The number of aryl methyl sites for hydroxylation is 1. The number of likely N-dealkylation sites (N-methyl/N-ethyl adjacent to an activating group) is 1. The van der Waals surface area contributed by atoms with E-state index in [1.807, 2.05) is 56.6 Å². The van der Waals surface area contributed by atoms with Crippen molar-refractivity contribution in [1.82, 2.24) is 10.2 Å². The van der Waals surface area contributed by atoms with Crippen LogP contribution in [0.5, 0.6) is 0 Å². The molecule has 1 atom stereocenters. The van der Waals surface area contributed by atoms with Crippen molar-refractivity contribution >= 4 is 11.8 Å². The van der Waals surface area contributed by atoms with Gasteiger partial charge in [-0.2, -0.15) is 0 Å². The van der Waals surface area contributed by atoms with Gasteiger partial charge in [0.2, 0.25) is 11.8 Å². The molecule has 2 amide bonds. The Morgan fingerprint density at radius 3 is 2.23 bits per heavy atom. The fourth-order valence-corrected chi connectivity index (χ4v) is 2.74. The van der Waals surface area contributed by atoms with Gasteiger partial charge in [-0.15, -0.1) is 0 Å². The largest absolute Gasteiger partial charge is 0.366 e. The molecule has 0 spiro atoms. The number of nitrogens with one attached hydrogen (secondary N) is 1. The summed E-state index contributed by atoms with van der Waals surface area (Å²) in [6.45, 7) is 0.582. The number of hydrogen-bond donors (Lipinski definition) is 2. The molecule has 0 bridgehead atoms. The molecular weight excluding hydrogens is 326 g/mol. The molecule has 0 radical (unpaired) electrons. The van der Waals surface area contributed by atoms with Gasteiger partial charge in [-0.05, 0) is 50.2 Å². The van der Waals surface area contributed by atoms with Crippen molar-refractivity contribution in [2.75, 3.05) is 20.6 Å². The third kappa shape index (κ3) is 6.33. The van der Waals surface area contributed by atoms with Gasteiger partial charge in [0.05, 0.1) is 0 Å². The lowest BCUT2D eigenvalue weighted by Gasteiger charge is -2.25. The van der Waals surface area contributed by atoms with Crippen LogP contribution in [0.25, 0.3) is 0 Å². The number of nitrogens with zero attached hydrogens (tertiary/aromatic N) is 1. The molecule has 0 saturated carbocycles. The molecule has 0 heterocycles. The molecule has 0 fully saturated rings. The number of hydrogen-bond acceptors (Lipinski definition) is 3. The predicted octanol–water partition coefficient (Wildman–Crippen LogP) is 2.01. The van der Waals surface area contributed by atoms with Crippen molar-refractivity contribution in [3.8, 4) is 0 Å². The van der Waals surface area contributed by atoms with Crippen LogP contribution in [0.4, 0.5) is 0 Å². The average molecular weight is 353 g/mol. The fraction of sp³-hybridized carbons (Fsp3) is 0.333. The number of carbonyl (C=O) groups excluding carboxylic acids is 2. The molecule has 0 aliphatic heterocycles. The maximum absolute atomic E-state index is 12.1. The quantitative estimate of drug-likeness (QED) is 0.724. The summed E-state index contributed by atoms with van der Waals surface area (Å²) in [4.78, 5) is 25.4. The Balaban J connectivity index is 1.83. The van der Waals surface area contributed by atoms with E-state index in [9.17, 15) is 9.59 Å².